The monoisotopic (exact) mass is 399 g/mol. The summed E-state index contributed by atoms with van der Waals surface area (Å²) < 4.78 is 0. The molecule has 3 aromatic rings. The fourth-order valence-corrected chi connectivity index (χ4v) is 3.82. The van der Waals surface area contributed by atoms with Crippen molar-refractivity contribution in [3.8, 4) is 0 Å². The second kappa shape index (κ2) is 9.35. The van der Waals surface area contributed by atoms with Gasteiger partial charge in [-0.2, -0.15) is 0 Å². The van der Waals surface area contributed by atoms with Crippen molar-refractivity contribution in [1.82, 2.24) is 10.3 Å². The molecule has 0 saturated heterocycles. The van der Waals surface area contributed by atoms with Crippen molar-refractivity contribution >= 4 is 17.5 Å². The molecular formula is C25H25N3O2. The van der Waals surface area contributed by atoms with Crippen LogP contribution in [-0.4, -0.2) is 29.9 Å². The van der Waals surface area contributed by atoms with Crippen LogP contribution in [0.25, 0.3) is 0 Å². The summed E-state index contributed by atoms with van der Waals surface area (Å²) in [6.45, 7) is 1.24. The summed E-state index contributed by atoms with van der Waals surface area (Å²) >= 11 is 0. The molecule has 1 aromatic heterocycles. The highest BCUT2D eigenvalue weighted by molar-refractivity contribution is 6.07. The van der Waals surface area contributed by atoms with Gasteiger partial charge in [-0.05, 0) is 55.0 Å². The number of aromatic nitrogens is 1. The van der Waals surface area contributed by atoms with Crippen LogP contribution in [0.3, 0.4) is 0 Å². The number of carbonyl (C=O) groups excluding carboxylic acids is 2. The van der Waals surface area contributed by atoms with E-state index < -0.39 is 0 Å². The number of aryl methyl sites for hydroxylation is 2. The molecule has 2 heterocycles. The molecule has 2 aromatic carbocycles. The highest BCUT2D eigenvalue weighted by Crippen LogP contribution is 2.28. The maximum absolute atomic E-state index is 13.1. The number of para-hydroxylation sites is 1. The Balaban J connectivity index is 1.39. The molecule has 152 valence electrons. The molecule has 4 rings (SSSR count). The summed E-state index contributed by atoms with van der Waals surface area (Å²) in [5.41, 5.74) is 4.14. The van der Waals surface area contributed by atoms with Crippen molar-refractivity contribution in [1.29, 1.82) is 0 Å². The Kier molecular flexibility index (Phi) is 6.18. The van der Waals surface area contributed by atoms with Gasteiger partial charge in [-0.1, -0.05) is 48.5 Å². The van der Waals surface area contributed by atoms with Crippen LogP contribution in [0.1, 0.15) is 44.8 Å². The lowest BCUT2D eigenvalue weighted by molar-refractivity contribution is 0.0948. The predicted octanol–water partition coefficient (Wildman–Crippen LogP) is 4.04. The van der Waals surface area contributed by atoms with Crippen LogP contribution in [0.5, 0.6) is 0 Å². The zero-order valence-corrected chi connectivity index (χ0v) is 16.9. The predicted molar refractivity (Wildman–Crippen MR) is 118 cm³/mol. The van der Waals surface area contributed by atoms with E-state index in [9.17, 15) is 9.59 Å². The van der Waals surface area contributed by atoms with Crippen LogP contribution in [0.2, 0.25) is 0 Å². The smallest absolute Gasteiger partial charge is 0.269 e. The number of hydrogen-bond acceptors (Lipinski definition) is 3. The number of anilines is 1. The first-order chi connectivity index (χ1) is 14.7. The van der Waals surface area contributed by atoms with Gasteiger partial charge in [-0.25, -0.2) is 0 Å². The zero-order valence-electron chi connectivity index (χ0n) is 16.9. The first-order valence-corrected chi connectivity index (χ1v) is 10.4. The van der Waals surface area contributed by atoms with Gasteiger partial charge in [0.25, 0.3) is 11.8 Å². The van der Waals surface area contributed by atoms with Crippen LogP contribution < -0.4 is 10.2 Å². The maximum Gasteiger partial charge on any atom is 0.269 e. The zero-order chi connectivity index (χ0) is 20.8. The van der Waals surface area contributed by atoms with Crippen molar-refractivity contribution in [3.63, 3.8) is 0 Å². The number of fused-ring (bicyclic) bond motifs is 1. The Morgan fingerprint density at radius 1 is 1.00 bits per heavy atom. The largest absolute Gasteiger partial charge is 0.351 e. The van der Waals surface area contributed by atoms with Gasteiger partial charge in [-0.15, -0.1) is 0 Å². The van der Waals surface area contributed by atoms with E-state index >= 15 is 0 Å². The van der Waals surface area contributed by atoms with Crippen molar-refractivity contribution < 1.29 is 9.59 Å². The molecule has 0 fully saturated rings. The summed E-state index contributed by atoms with van der Waals surface area (Å²) in [5, 5.41) is 2.90. The quantitative estimate of drug-likeness (QED) is 0.637. The van der Waals surface area contributed by atoms with E-state index in [2.05, 4.69) is 28.5 Å². The third-order valence-electron chi connectivity index (χ3n) is 5.37. The molecule has 1 aliphatic heterocycles. The Morgan fingerprint density at radius 2 is 1.80 bits per heavy atom. The third-order valence-corrected chi connectivity index (χ3v) is 5.37. The van der Waals surface area contributed by atoms with Gasteiger partial charge < -0.3 is 10.2 Å². The minimum Gasteiger partial charge on any atom is -0.351 e. The summed E-state index contributed by atoms with van der Waals surface area (Å²) in [4.78, 5) is 31.6. The van der Waals surface area contributed by atoms with Gasteiger partial charge in [0.05, 0.1) is 0 Å². The van der Waals surface area contributed by atoms with E-state index in [-0.39, 0.29) is 17.5 Å². The highest BCUT2D eigenvalue weighted by atomic mass is 16.2. The Hall–Kier alpha value is -3.47. The number of hydrogen-bond donors (Lipinski definition) is 1. The van der Waals surface area contributed by atoms with Gasteiger partial charge in [-0.3, -0.25) is 14.6 Å². The minimum atomic E-state index is -0.253. The molecule has 30 heavy (non-hydrogen) atoms. The molecule has 0 saturated carbocycles. The fraction of sp³-hybridized carbons (Fsp3) is 0.240. The molecule has 1 N–H and O–H groups in total. The number of amides is 2. The molecule has 0 atom stereocenters. The number of pyridine rings is 1. The number of carbonyl (C=O) groups is 2. The number of nitrogens with one attached hydrogen (secondary N) is 1. The van der Waals surface area contributed by atoms with Crippen LogP contribution in [0.4, 0.5) is 5.69 Å². The molecule has 0 bridgehead atoms. The Labute approximate surface area is 176 Å². The second-order valence-corrected chi connectivity index (χ2v) is 7.46. The second-order valence-electron chi connectivity index (χ2n) is 7.46. The SMILES string of the molecule is O=C(NCCCc1ccccc1)c1cc(C(=O)N2CCCc3ccccc32)ccn1. The van der Waals surface area contributed by atoms with Gasteiger partial charge in [0.1, 0.15) is 5.69 Å². The molecule has 1 aliphatic rings. The molecule has 0 radical (unpaired) electrons. The normalized spacial score (nSPS) is 12.9. The lowest BCUT2D eigenvalue weighted by Gasteiger charge is -2.29. The topological polar surface area (TPSA) is 62.3 Å². The van der Waals surface area contributed by atoms with Crippen molar-refractivity contribution in [3.05, 3.63) is 95.3 Å². The van der Waals surface area contributed by atoms with Crippen molar-refractivity contribution in [2.75, 3.05) is 18.0 Å². The minimum absolute atomic E-state index is 0.0947. The molecule has 5 heteroatoms. The third kappa shape index (κ3) is 4.57. The average molecular weight is 399 g/mol. The number of nitrogens with zero attached hydrogens (tertiary/aromatic N) is 2. The Bertz CT molecular complexity index is 1030. The molecule has 5 nitrogen and oxygen atoms in total. The van der Waals surface area contributed by atoms with E-state index in [1.807, 2.05) is 36.4 Å². The van der Waals surface area contributed by atoms with E-state index in [0.29, 0.717) is 18.7 Å². The summed E-state index contributed by atoms with van der Waals surface area (Å²) in [6, 6.07) is 21.4. The van der Waals surface area contributed by atoms with Crippen molar-refractivity contribution in [2.24, 2.45) is 0 Å². The van der Waals surface area contributed by atoms with Gasteiger partial charge in [0.2, 0.25) is 0 Å². The maximum atomic E-state index is 13.1. The van der Waals surface area contributed by atoms with Crippen LogP contribution in [0.15, 0.2) is 72.9 Å². The first-order valence-electron chi connectivity index (χ1n) is 10.4. The van der Waals surface area contributed by atoms with Crippen LogP contribution >= 0.6 is 0 Å². The molecule has 2 amide bonds. The molecular weight excluding hydrogens is 374 g/mol. The van der Waals surface area contributed by atoms with E-state index in [1.165, 1.54) is 17.3 Å². The Morgan fingerprint density at radius 3 is 2.67 bits per heavy atom. The van der Waals surface area contributed by atoms with Gasteiger partial charge >= 0.3 is 0 Å². The standard InChI is InChI=1S/C25H25N3O2/c29-24(27-15-6-10-19-8-2-1-3-9-19)22-18-21(14-16-26-22)25(30)28-17-7-12-20-11-4-5-13-23(20)28/h1-5,8-9,11,13-14,16,18H,6-7,10,12,15,17H2,(H,27,29). The molecule has 0 aliphatic carbocycles. The van der Waals surface area contributed by atoms with E-state index in [4.69, 9.17) is 0 Å². The first kappa shape index (κ1) is 19.8. The van der Waals surface area contributed by atoms with Gasteiger partial charge in [0.15, 0.2) is 0 Å². The fourth-order valence-electron chi connectivity index (χ4n) is 3.82. The van der Waals surface area contributed by atoms with Gasteiger partial charge in [0, 0.05) is 30.5 Å². The average Bonchev–Trinajstić information content (AvgIpc) is 2.81. The lowest BCUT2D eigenvalue weighted by Crippen LogP contribution is -2.35. The van der Waals surface area contributed by atoms with Crippen LogP contribution in [0, 0.1) is 0 Å². The summed E-state index contributed by atoms with van der Waals surface area (Å²) in [5.74, 6) is -0.348. The summed E-state index contributed by atoms with van der Waals surface area (Å²) in [7, 11) is 0. The number of rotatable bonds is 6. The van der Waals surface area contributed by atoms with E-state index in [0.717, 1.165) is 31.4 Å². The molecule has 0 spiro atoms. The lowest BCUT2D eigenvalue weighted by atomic mass is 10.0. The summed E-state index contributed by atoms with van der Waals surface area (Å²) in [6.07, 6.45) is 5.19. The highest BCUT2D eigenvalue weighted by Gasteiger charge is 2.24. The van der Waals surface area contributed by atoms with E-state index in [1.54, 1.807) is 17.0 Å². The number of benzene rings is 2. The van der Waals surface area contributed by atoms with Crippen LogP contribution in [-0.2, 0) is 12.8 Å². The molecule has 0 unspecified atom stereocenters. The van der Waals surface area contributed by atoms with Crippen molar-refractivity contribution in [2.45, 2.75) is 25.7 Å².